The Morgan fingerprint density at radius 1 is 0.373 bits per heavy atom. The summed E-state index contributed by atoms with van der Waals surface area (Å²) in [6.45, 7) is 4.54. The maximum absolute atomic E-state index is 6.63. The first-order valence-corrected chi connectivity index (χ1v) is 17.2. The predicted octanol–water partition coefficient (Wildman–Crippen LogP) is 11.9. The summed E-state index contributed by atoms with van der Waals surface area (Å²) in [7, 11) is 0. The van der Waals surface area contributed by atoms with E-state index in [0.29, 0.717) is 29.0 Å². The molecule has 0 bridgehead atoms. The fraction of sp³-hybridized carbons (Fsp3) is 0.0652. The van der Waals surface area contributed by atoms with E-state index in [4.69, 9.17) is 24.4 Å². The molecule has 7 aromatic carbocycles. The largest absolute Gasteiger partial charge is 0.449 e. The fourth-order valence-electron chi connectivity index (χ4n) is 7.54. The molecule has 1 aromatic heterocycles. The molecular weight excluding hydrogens is 627 g/mol. The molecule has 0 amide bonds. The van der Waals surface area contributed by atoms with E-state index in [1.807, 2.05) is 54.6 Å². The smallest absolute Gasteiger partial charge is 0.170 e. The molecule has 8 aromatic rings. The lowest BCUT2D eigenvalue weighted by molar-refractivity contribution is 0.359. The molecule has 5 heteroatoms. The van der Waals surface area contributed by atoms with Crippen molar-refractivity contribution in [1.82, 2.24) is 15.0 Å². The molecule has 242 valence electrons. The highest BCUT2D eigenvalue weighted by molar-refractivity contribution is 5.88. The molecular formula is C46H31N3O2. The summed E-state index contributed by atoms with van der Waals surface area (Å²) < 4.78 is 13.1. The second kappa shape index (κ2) is 11.2. The van der Waals surface area contributed by atoms with E-state index in [2.05, 4.69) is 111 Å². The summed E-state index contributed by atoms with van der Waals surface area (Å²) in [5.74, 6) is 4.63. The molecule has 0 radical (unpaired) electrons. The summed E-state index contributed by atoms with van der Waals surface area (Å²) in [5, 5.41) is 2.30. The summed E-state index contributed by atoms with van der Waals surface area (Å²) in [5.41, 5.74) is 9.57. The zero-order valence-corrected chi connectivity index (χ0v) is 28.1. The highest BCUT2D eigenvalue weighted by Gasteiger charge is 2.37. The lowest BCUT2D eigenvalue weighted by atomic mass is 9.82. The lowest BCUT2D eigenvalue weighted by Gasteiger charge is -2.25. The molecule has 1 aliphatic carbocycles. The predicted molar refractivity (Wildman–Crippen MR) is 203 cm³/mol. The van der Waals surface area contributed by atoms with Gasteiger partial charge in [-0.1, -0.05) is 135 Å². The van der Waals surface area contributed by atoms with E-state index in [1.54, 1.807) is 0 Å². The number of hydrogen-bond acceptors (Lipinski definition) is 5. The van der Waals surface area contributed by atoms with Crippen LogP contribution in [0.4, 0.5) is 0 Å². The van der Waals surface area contributed by atoms with Crippen molar-refractivity contribution in [1.29, 1.82) is 0 Å². The van der Waals surface area contributed by atoms with Gasteiger partial charge in [0.25, 0.3) is 0 Å². The maximum atomic E-state index is 6.63. The van der Waals surface area contributed by atoms with Crippen LogP contribution in [0.25, 0.3) is 67.2 Å². The monoisotopic (exact) mass is 657 g/mol. The summed E-state index contributed by atoms with van der Waals surface area (Å²) in [6.07, 6.45) is 0. The number of rotatable bonds is 4. The highest BCUT2D eigenvalue weighted by Crippen LogP contribution is 2.55. The van der Waals surface area contributed by atoms with Crippen LogP contribution in [0.2, 0.25) is 0 Å². The quantitative estimate of drug-likeness (QED) is 0.188. The molecule has 5 nitrogen and oxygen atoms in total. The average molecular weight is 658 g/mol. The van der Waals surface area contributed by atoms with Gasteiger partial charge in [0.05, 0.1) is 0 Å². The number of benzene rings is 7. The van der Waals surface area contributed by atoms with E-state index < -0.39 is 0 Å². The topological polar surface area (TPSA) is 57.1 Å². The minimum absolute atomic E-state index is 0.139. The van der Waals surface area contributed by atoms with Gasteiger partial charge in [-0.25, -0.2) is 15.0 Å². The first-order valence-electron chi connectivity index (χ1n) is 17.2. The van der Waals surface area contributed by atoms with Gasteiger partial charge < -0.3 is 9.47 Å². The van der Waals surface area contributed by atoms with Crippen molar-refractivity contribution in [3.8, 4) is 79.4 Å². The van der Waals surface area contributed by atoms with Crippen molar-refractivity contribution in [2.24, 2.45) is 0 Å². The van der Waals surface area contributed by atoms with Gasteiger partial charge in [-0.05, 0) is 74.5 Å². The number of hydrogen-bond donors (Lipinski definition) is 0. The molecule has 51 heavy (non-hydrogen) atoms. The Labute approximate surface area is 295 Å². The van der Waals surface area contributed by atoms with Crippen molar-refractivity contribution < 1.29 is 9.47 Å². The number of nitrogens with zero attached hydrogens (tertiary/aromatic N) is 3. The van der Waals surface area contributed by atoms with Gasteiger partial charge in [0.1, 0.15) is 0 Å². The van der Waals surface area contributed by atoms with Gasteiger partial charge in [-0.2, -0.15) is 0 Å². The molecule has 0 spiro atoms. The van der Waals surface area contributed by atoms with Crippen LogP contribution in [-0.4, -0.2) is 15.0 Å². The SMILES string of the molecule is CC1(C)c2ccccc2-c2cc3c(cc21)Oc1cc(-c2ccccc2-c2nc(-c4ccccc4)nc(-c4ccc5ccccc5c4)n2)ccc1O3. The van der Waals surface area contributed by atoms with E-state index in [-0.39, 0.29) is 5.41 Å². The van der Waals surface area contributed by atoms with E-state index >= 15 is 0 Å². The molecule has 0 fully saturated rings. The molecule has 0 saturated carbocycles. The van der Waals surface area contributed by atoms with Crippen molar-refractivity contribution in [2.45, 2.75) is 19.3 Å². The van der Waals surface area contributed by atoms with Crippen LogP contribution < -0.4 is 9.47 Å². The summed E-state index contributed by atoms with van der Waals surface area (Å²) in [6, 6.07) is 52.0. The standard InChI is InChI=1S/C46H31N3O2/c1-46(2)37-19-11-10-17-34(37)36-26-41-42(27-38(36)46)51-40-25-31(22-23-39(40)50-41)33-16-8-9-18-35(33)45-48-43(29-13-4-3-5-14-29)47-44(49-45)32-21-20-28-12-6-7-15-30(28)24-32/h3-27H,1-2H3. The Kier molecular flexibility index (Phi) is 6.46. The van der Waals surface area contributed by atoms with Gasteiger partial charge in [-0.15, -0.1) is 0 Å². The Balaban J connectivity index is 1.06. The summed E-state index contributed by atoms with van der Waals surface area (Å²) >= 11 is 0. The number of aromatic nitrogens is 3. The number of ether oxygens (including phenoxy) is 2. The number of fused-ring (bicyclic) bond motifs is 6. The molecule has 0 N–H and O–H groups in total. The van der Waals surface area contributed by atoms with Crippen molar-refractivity contribution in [3.63, 3.8) is 0 Å². The van der Waals surface area contributed by atoms with Crippen molar-refractivity contribution in [2.75, 3.05) is 0 Å². The van der Waals surface area contributed by atoms with Crippen molar-refractivity contribution in [3.05, 3.63) is 163 Å². The Morgan fingerprint density at radius 3 is 1.82 bits per heavy atom. The van der Waals surface area contributed by atoms with Gasteiger partial charge in [-0.3, -0.25) is 0 Å². The average Bonchev–Trinajstić information content (AvgIpc) is 3.41. The molecule has 2 aliphatic rings. The van der Waals surface area contributed by atoms with Crippen LogP contribution in [0, 0.1) is 0 Å². The second-order valence-corrected chi connectivity index (χ2v) is 13.7. The maximum Gasteiger partial charge on any atom is 0.170 e. The van der Waals surface area contributed by atoms with Crippen LogP contribution in [0.1, 0.15) is 25.0 Å². The lowest BCUT2D eigenvalue weighted by Crippen LogP contribution is -2.15. The molecule has 0 unspecified atom stereocenters. The minimum Gasteiger partial charge on any atom is -0.449 e. The second-order valence-electron chi connectivity index (χ2n) is 13.7. The zero-order chi connectivity index (χ0) is 34.1. The van der Waals surface area contributed by atoms with Crippen LogP contribution in [0.5, 0.6) is 23.0 Å². The van der Waals surface area contributed by atoms with Crippen LogP contribution >= 0.6 is 0 Å². The first kappa shape index (κ1) is 29.3. The fourth-order valence-corrected chi connectivity index (χ4v) is 7.54. The molecule has 0 saturated heterocycles. The van der Waals surface area contributed by atoms with Gasteiger partial charge in [0, 0.05) is 22.1 Å². The van der Waals surface area contributed by atoms with Gasteiger partial charge in [0.15, 0.2) is 40.5 Å². The minimum atomic E-state index is -0.139. The molecule has 10 rings (SSSR count). The van der Waals surface area contributed by atoms with Crippen LogP contribution in [-0.2, 0) is 5.41 Å². The highest BCUT2D eigenvalue weighted by atomic mass is 16.6. The Hall–Kier alpha value is -6.59. The van der Waals surface area contributed by atoms with Crippen molar-refractivity contribution >= 4 is 10.8 Å². The zero-order valence-electron chi connectivity index (χ0n) is 28.1. The Morgan fingerprint density at radius 2 is 0.980 bits per heavy atom. The Bertz CT molecular complexity index is 2680. The molecule has 1 aliphatic heterocycles. The van der Waals surface area contributed by atoms with E-state index in [0.717, 1.165) is 44.7 Å². The van der Waals surface area contributed by atoms with E-state index in [1.165, 1.54) is 27.6 Å². The third kappa shape index (κ3) is 4.81. The summed E-state index contributed by atoms with van der Waals surface area (Å²) in [4.78, 5) is 15.1. The first-order chi connectivity index (χ1) is 25.0. The van der Waals surface area contributed by atoms with Crippen LogP contribution in [0.15, 0.2) is 152 Å². The third-order valence-electron chi connectivity index (χ3n) is 10.2. The van der Waals surface area contributed by atoms with E-state index in [9.17, 15) is 0 Å². The normalized spacial score (nSPS) is 13.4. The molecule has 0 atom stereocenters. The third-order valence-corrected chi connectivity index (χ3v) is 10.2. The van der Waals surface area contributed by atoms with Gasteiger partial charge in [0.2, 0.25) is 0 Å². The van der Waals surface area contributed by atoms with Crippen LogP contribution in [0.3, 0.4) is 0 Å². The molecule has 2 heterocycles. The van der Waals surface area contributed by atoms with Gasteiger partial charge >= 0.3 is 0 Å².